The second-order valence-electron chi connectivity index (χ2n) is 6.00. The summed E-state index contributed by atoms with van der Waals surface area (Å²) in [6.07, 6.45) is 0.559. The second-order valence-corrected chi connectivity index (χ2v) is 9.10. The molecule has 1 aromatic carbocycles. The highest BCUT2D eigenvalue weighted by Crippen LogP contribution is 2.31. The number of sulfonamides is 1. The summed E-state index contributed by atoms with van der Waals surface area (Å²) in [4.78, 5) is 24.8. The van der Waals surface area contributed by atoms with Crippen molar-refractivity contribution in [1.82, 2.24) is 0 Å². The van der Waals surface area contributed by atoms with E-state index in [1.807, 2.05) is 13.0 Å². The minimum atomic E-state index is -3.31. The molecule has 138 valence electrons. The van der Waals surface area contributed by atoms with E-state index in [0.29, 0.717) is 29.1 Å². The number of nitrogens with zero attached hydrogens (tertiary/aromatic N) is 1. The molecule has 0 saturated carbocycles. The lowest BCUT2D eigenvalue weighted by Crippen LogP contribution is -2.30. The molecule has 0 unspecified atom stereocenters. The summed E-state index contributed by atoms with van der Waals surface area (Å²) in [6.45, 7) is 3.46. The van der Waals surface area contributed by atoms with Crippen molar-refractivity contribution in [2.75, 3.05) is 23.2 Å². The van der Waals surface area contributed by atoms with Gasteiger partial charge in [0.05, 0.1) is 11.4 Å². The van der Waals surface area contributed by atoms with E-state index in [1.165, 1.54) is 15.6 Å². The smallest absolute Gasteiger partial charge is 0.349 e. The molecule has 1 aromatic heterocycles. The van der Waals surface area contributed by atoms with Crippen molar-refractivity contribution in [1.29, 1.82) is 0 Å². The molecule has 2 aromatic rings. The number of carbonyl (C=O) groups is 2. The van der Waals surface area contributed by atoms with Crippen molar-refractivity contribution in [3.63, 3.8) is 0 Å². The fraction of sp³-hybridized carbons (Fsp3) is 0.333. The third-order valence-corrected chi connectivity index (χ3v) is 7.11. The highest BCUT2D eigenvalue weighted by molar-refractivity contribution is 7.92. The van der Waals surface area contributed by atoms with Gasteiger partial charge < -0.3 is 4.74 Å². The van der Waals surface area contributed by atoms with Gasteiger partial charge in [-0.25, -0.2) is 13.2 Å². The van der Waals surface area contributed by atoms with Crippen LogP contribution < -0.4 is 4.31 Å². The van der Waals surface area contributed by atoms with E-state index in [1.54, 1.807) is 30.5 Å². The van der Waals surface area contributed by atoms with E-state index in [-0.39, 0.29) is 18.1 Å². The van der Waals surface area contributed by atoms with Gasteiger partial charge in [-0.2, -0.15) is 0 Å². The maximum absolute atomic E-state index is 12.3. The van der Waals surface area contributed by atoms with Gasteiger partial charge in [0.25, 0.3) is 0 Å². The Labute approximate surface area is 156 Å². The van der Waals surface area contributed by atoms with Crippen LogP contribution in [0.25, 0.3) is 0 Å². The zero-order valence-corrected chi connectivity index (χ0v) is 16.2. The van der Waals surface area contributed by atoms with E-state index in [9.17, 15) is 18.0 Å². The lowest BCUT2D eigenvalue weighted by Gasteiger charge is -2.18. The molecule has 6 nitrogen and oxygen atoms in total. The minimum absolute atomic E-state index is 0.0329. The normalized spacial score (nSPS) is 13.5. The van der Waals surface area contributed by atoms with Gasteiger partial charge in [0.15, 0.2) is 12.4 Å². The van der Waals surface area contributed by atoms with Gasteiger partial charge in [-0.1, -0.05) is 0 Å². The number of thiophene rings is 1. The van der Waals surface area contributed by atoms with Crippen LogP contribution in [-0.2, 0) is 21.2 Å². The maximum Gasteiger partial charge on any atom is 0.349 e. The topological polar surface area (TPSA) is 80.8 Å². The molecule has 0 atom stereocenters. The van der Waals surface area contributed by atoms with Crippen LogP contribution in [0.2, 0.25) is 0 Å². The first kappa shape index (κ1) is 18.6. The van der Waals surface area contributed by atoms with Crippen molar-refractivity contribution in [3.8, 4) is 0 Å². The molecule has 0 fully saturated rings. The van der Waals surface area contributed by atoms with E-state index in [0.717, 1.165) is 11.1 Å². The summed E-state index contributed by atoms with van der Waals surface area (Å²) in [6, 6.07) is 6.73. The fourth-order valence-corrected chi connectivity index (χ4v) is 4.83. The SMILES string of the molecule is CCS(=O)(=O)N1CCc2cc(C(=O)COC(=O)c3sccc3C)ccc21. The predicted octanol–water partition coefficient (Wildman–Crippen LogP) is 2.81. The zero-order valence-electron chi connectivity index (χ0n) is 14.5. The molecule has 0 aliphatic carbocycles. The maximum atomic E-state index is 12.3. The third kappa shape index (κ3) is 3.52. The Bertz CT molecular complexity index is 962. The number of aryl methyl sites for hydroxylation is 1. The number of Topliss-reactive ketones (excluding diaryl/α,β-unsaturated/α-hetero) is 1. The molecule has 0 bridgehead atoms. The second kappa shape index (κ2) is 7.20. The summed E-state index contributed by atoms with van der Waals surface area (Å²) >= 11 is 1.28. The molecule has 1 aliphatic rings. The Hall–Kier alpha value is -2.19. The number of ketones is 1. The molecule has 0 amide bonds. The van der Waals surface area contributed by atoms with Crippen LogP contribution in [0.1, 0.15) is 38.1 Å². The van der Waals surface area contributed by atoms with Crippen LogP contribution in [-0.4, -0.2) is 39.1 Å². The van der Waals surface area contributed by atoms with Gasteiger partial charge in [0.1, 0.15) is 4.88 Å². The van der Waals surface area contributed by atoms with Crippen LogP contribution in [0.3, 0.4) is 0 Å². The molecule has 1 aliphatic heterocycles. The first-order valence-electron chi connectivity index (χ1n) is 8.21. The van der Waals surface area contributed by atoms with Crippen molar-refractivity contribution in [2.45, 2.75) is 20.3 Å². The number of anilines is 1. The first-order chi connectivity index (χ1) is 12.3. The molecule has 0 saturated heterocycles. The number of fused-ring (bicyclic) bond motifs is 1. The van der Waals surface area contributed by atoms with Crippen molar-refractivity contribution < 1.29 is 22.7 Å². The molecule has 26 heavy (non-hydrogen) atoms. The summed E-state index contributed by atoms with van der Waals surface area (Å²) in [5, 5.41) is 1.80. The lowest BCUT2D eigenvalue weighted by atomic mass is 10.1. The monoisotopic (exact) mass is 393 g/mol. The van der Waals surface area contributed by atoms with Gasteiger partial charge in [0.2, 0.25) is 10.0 Å². The Kier molecular flexibility index (Phi) is 5.15. The number of hydrogen-bond acceptors (Lipinski definition) is 6. The molecular weight excluding hydrogens is 374 g/mol. The van der Waals surface area contributed by atoms with Gasteiger partial charge in [0, 0.05) is 12.1 Å². The van der Waals surface area contributed by atoms with Crippen molar-refractivity contribution in [2.24, 2.45) is 0 Å². The highest BCUT2D eigenvalue weighted by atomic mass is 32.2. The molecule has 0 radical (unpaired) electrons. The average Bonchev–Trinajstić information content (AvgIpc) is 3.25. The van der Waals surface area contributed by atoms with Gasteiger partial charge in [-0.3, -0.25) is 9.10 Å². The zero-order chi connectivity index (χ0) is 18.9. The Balaban J connectivity index is 1.70. The van der Waals surface area contributed by atoms with Crippen LogP contribution in [0.4, 0.5) is 5.69 Å². The average molecular weight is 393 g/mol. The predicted molar refractivity (Wildman–Crippen MR) is 101 cm³/mol. The highest BCUT2D eigenvalue weighted by Gasteiger charge is 2.28. The quantitative estimate of drug-likeness (QED) is 0.557. The standard InChI is InChI=1S/C18H19NO5S2/c1-3-26(22,23)19-8-6-13-10-14(4-5-15(13)19)16(20)11-24-18(21)17-12(2)7-9-25-17/h4-5,7,9-10H,3,6,8,11H2,1-2H3. The Morgan fingerprint density at radius 2 is 2.04 bits per heavy atom. The van der Waals surface area contributed by atoms with Crippen LogP contribution in [0, 0.1) is 6.92 Å². The van der Waals surface area contributed by atoms with E-state index in [2.05, 4.69) is 0 Å². The number of carbonyl (C=O) groups excluding carboxylic acids is 2. The third-order valence-electron chi connectivity index (χ3n) is 4.34. The van der Waals surface area contributed by atoms with Crippen molar-refractivity contribution in [3.05, 3.63) is 51.2 Å². The van der Waals surface area contributed by atoms with Gasteiger partial charge in [-0.05, 0) is 61.0 Å². The number of rotatable bonds is 6. The van der Waals surface area contributed by atoms with E-state index >= 15 is 0 Å². The Morgan fingerprint density at radius 1 is 1.27 bits per heavy atom. The summed E-state index contributed by atoms with van der Waals surface area (Å²) in [5.74, 6) is -0.787. The summed E-state index contributed by atoms with van der Waals surface area (Å²) < 4.78 is 30.7. The number of benzene rings is 1. The van der Waals surface area contributed by atoms with Gasteiger partial charge >= 0.3 is 5.97 Å². The Morgan fingerprint density at radius 3 is 2.69 bits per heavy atom. The van der Waals surface area contributed by atoms with Gasteiger partial charge in [-0.15, -0.1) is 11.3 Å². The molecule has 0 N–H and O–H groups in total. The van der Waals surface area contributed by atoms with Crippen LogP contribution in [0.5, 0.6) is 0 Å². The summed E-state index contributed by atoms with van der Waals surface area (Å²) in [7, 11) is -3.31. The van der Waals surface area contributed by atoms with Crippen molar-refractivity contribution >= 4 is 38.8 Å². The van der Waals surface area contributed by atoms with E-state index in [4.69, 9.17) is 4.74 Å². The first-order valence-corrected chi connectivity index (χ1v) is 10.7. The number of hydrogen-bond donors (Lipinski definition) is 0. The number of ether oxygens (including phenoxy) is 1. The molecule has 8 heteroatoms. The minimum Gasteiger partial charge on any atom is -0.453 e. The molecular formula is C18H19NO5S2. The van der Waals surface area contributed by atoms with Crippen LogP contribution >= 0.6 is 11.3 Å². The van der Waals surface area contributed by atoms with E-state index < -0.39 is 16.0 Å². The lowest BCUT2D eigenvalue weighted by molar-refractivity contribution is 0.0479. The molecule has 3 rings (SSSR count). The van der Waals surface area contributed by atoms with Crippen LogP contribution in [0.15, 0.2) is 29.6 Å². The largest absolute Gasteiger partial charge is 0.453 e. The molecule has 2 heterocycles. The summed E-state index contributed by atoms with van der Waals surface area (Å²) in [5.41, 5.74) is 2.67. The number of esters is 1. The fourth-order valence-electron chi connectivity index (χ4n) is 2.85. The molecule has 0 spiro atoms.